The van der Waals surface area contributed by atoms with Crippen LogP contribution in [0.4, 0.5) is 11.4 Å². The molecule has 0 bridgehead atoms. The third kappa shape index (κ3) is 4.22. The van der Waals surface area contributed by atoms with Crippen molar-refractivity contribution in [2.24, 2.45) is 0 Å². The van der Waals surface area contributed by atoms with Crippen molar-refractivity contribution in [3.8, 4) is 17.2 Å². The first-order chi connectivity index (χ1) is 16.7. The van der Waals surface area contributed by atoms with Gasteiger partial charge in [0.15, 0.2) is 18.1 Å². The normalized spacial score (nSPS) is 12.8. The summed E-state index contributed by atoms with van der Waals surface area (Å²) in [6.07, 6.45) is 0. The smallest absolute Gasteiger partial charge is 0.262 e. The Labute approximate surface area is 197 Å². The second-order valence-corrected chi connectivity index (χ2v) is 7.96. The van der Waals surface area contributed by atoms with Gasteiger partial charge in [0.1, 0.15) is 11.6 Å². The number of nitrogens with one attached hydrogen (secondary N) is 1. The lowest BCUT2D eigenvalue weighted by atomic mass is 10.2. The van der Waals surface area contributed by atoms with E-state index in [0.717, 1.165) is 30.1 Å². The van der Waals surface area contributed by atoms with Crippen LogP contribution in [-0.2, 0) is 17.9 Å². The molecule has 0 aliphatic carbocycles. The van der Waals surface area contributed by atoms with Gasteiger partial charge in [-0.15, -0.1) is 0 Å². The third-order valence-corrected chi connectivity index (χ3v) is 5.91. The number of rotatable bonds is 7. The molecule has 0 atom stereocenters. The van der Waals surface area contributed by atoms with Gasteiger partial charge >= 0.3 is 0 Å². The van der Waals surface area contributed by atoms with E-state index in [9.17, 15) is 4.79 Å². The fraction of sp³-hybridized carbons (Fsp3) is 0.231. The number of para-hydroxylation sites is 4. The minimum atomic E-state index is -0.288. The van der Waals surface area contributed by atoms with Crippen LogP contribution >= 0.6 is 0 Å². The molecule has 0 unspecified atom stereocenters. The number of methoxy groups -OCH3 is 2. The Kier molecular flexibility index (Phi) is 5.95. The SMILES string of the molecule is COc1cc(N2CCn3c(nc4ccccc43)C2)ccc1NC(=O)COc1ccccc1OC. The minimum absolute atomic E-state index is 0.145. The first-order valence-corrected chi connectivity index (χ1v) is 11.1. The molecular formula is C26H26N4O4. The molecule has 0 saturated carbocycles. The van der Waals surface area contributed by atoms with E-state index in [1.165, 1.54) is 5.52 Å². The summed E-state index contributed by atoms with van der Waals surface area (Å²) in [5.41, 5.74) is 3.79. The lowest BCUT2D eigenvalue weighted by molar-refractivity contribution is -0.118. The van der Waals surface area contributed by atoms with E-state index in [1.54, 1.807) is 26.4 Å². The van der Waals surface area contributed by atoms with Crippen LogP contribution in [0.25, 0.3) is 11.0 Å². The fourth-order valence-electron chi connectivity index (χ4n) is 4.23. The molecular weight excluding hydrogens is 432 g/mol. The number of carbonyl (C=O) groups excluding carboxylic acids is 1. The summed E-state index contributed by atoms with van der Waals surface area (Å²) in [7, 11) is 3.16. The van der Waals surface area contributed by atoms with Crippen LogP contribution in [0.1, 0.15) is 5.82 Å². The maximum absolute atomic E-state index is 12.5. The van der Waals surface area contributed by atoms with Crippen molar-refractivity contribution in [2.45, 2.75) is 13.1 Å². The van der Waals surface area contributed by atoms with E-state index in [4.69, 9.17) is 19.2 Å². The van der Waals surface area contributed by atoms with E-state index >= 15 is 0 Å². The maximum atomic E-state index is 12.5. The second-order valence-electron chi connectivity index (χ2n) is 7.96. The quantitative estimate of drug-likeness (QED) is 0.450. The second kappa shape index (κ2) is 9.35. The first-order valence-electron chi connectivity index (χ1n) is 11.1. The summed E-state index contributed by atoms with van der Waals surface area (Å²) in [5, 5.41) is 2.87. The number of aromatic nitrogens is 2. The summed E-state index contributed by atoms with van der Waals surface area (Å²) in [6, 6.07) is 21.2. The summed E-state index contributed by atoms with van der Waals surface area (Å²) in [5.74, 6) is 2.43. The standard InChI is InChI=1S/C26H26N4O4/c1-32-22-9-5-6-10-23(22)34-17-26(31)28-20-12-11-18(15-24(20)33-2)29-13-14-30-21-8-4-3-7-19(21)27-25(30)16-29/h3-12,15H,13-14,16-17H2,1-2H3,(H,28,31). The van der Waals surface area contributed by atoms with E-state index in [1.807, 2.05) is 48.5 Å². The number of carbonyl (C=O) groups is 1. The Morgan fingerprint density at radius 3 is 2.53 bits per heavy atom. The zero-order valence-electron chi connectivity index (χ0n) is 19.2. The molecule has 174 valence electrons. The molecule has 1 aliphatic heterocycles. The number of fused-ring (bicyclic) bond motifs is 3. The molecule has 8 nitrogen and oxygen atoms in total. The van der Waals surface area contributed by atoms with E-state index < -0.39 is 0 Å². The van der Waals surface area contributed by atoms with Crippen LogP contribution in [0.15, 0.2) is 66.7 Å². The van der Waals surface area contributed by atoms with Crippen molar-refractivity contribution < 1.29 is 19.0 Å². The van der Waals surface area contributed by atoms with Gasteiger partial charge in [-0.3, -0.25) is 4.79 Å². The molecule has 0 radical (unpaired) electrons. The van der Waals surface area contributed by atoms with Gasteiger partial charge in [-0.05, 0) is 36.4 Å². The van der Waals surface area contributed by atoms with Crippen molar-refractivity contribution in [2.75, 3.05) is 37.6 Å². The van der Waals surface area contributed by atoms with Crippen LogP contribution in [0.2, 0.25) is 0 Å². The Morgan fingerprint density at radius 1 is 0.941 bits per heavy atom. The first kappa shape index (κ1) is 21.6. The molecule has 0 fully saturated rings. The molecule has 1 aromatic heterocycles. The summed E-state index contributed by atoms with van der Waals surface area (Å²) in [6.45, 7) is 2.27. The zero-order valence-corrected chi connectivity index (χ0v) is 19.2. The van der Waals surface area contributed by atoms with Gasteiger partial charge < -0.3 is 29.0 Å². The van der Waals surface area contributed by atoms with Crippen LogP contribution < -0.4 is 24.4 Å². The lowest BCUT2D eigenvalue weighted by Crippen LogP contribution is -2.33. The van der Waals surface area contributed by atoms with Crippen molar-refractivity contribution in [3.63, 3.8) is 0 Å². The Balaban J connectivity index is 1.27. The van der Waals surface area contributed by atoms with Crippen LogP contribution in [0.3, 0.4) is 0 Å². The minimum Gasteiger partial charge on any atom is -0.494 e. The monoisotopic (exact) mass is 458 g/mol. The highest BCUT2D eigenvalue weighted by molar-refractivity contribution is 5.93. The van der Waals surface area contributed by atoms with Crippen molar-refractivity contribution in [1.82, 2.24) is 9.55 Å². The Bertz CT molecular complexity index is 1330. The van der Waals surface area contributed by atoms with Crippen molar-refractivity contribution in [1.29, 1.82) is 0 Å². The molecule has 0 saturated heterocycles. The van der Waals surface area contributed by atoms with Crippen molar-refractivity contribution >= 4 is 28.3 Å². The average molecular weight is 459 g/mol. The van der Waals surface area contributed by atoms with Gasteiger partial charge in [0.25, 0.3) is 5.91 Å². The van der Waals surface area contributed by atoms with Crippen molar-refractivity contribution in [3.05, 3.63) is 72.6 Å². The number of hydrogen-bond donors (Lipinski definition) is 1. The Hall–Kier alpha value is -4.20. The topological polar surface area (TPSA) is 77.9 Å². The van der Waals surface area contributed by atoms with E-state index in [2.05, 4.69) is 20.9 Å². The van der Waals surface area contributed by atoms with Gasteiger partial charge in [0.05, 0.1) is 37.5 Å². The molecule has 2 heterocycles. The highest BCUT2D eigenvalue weighted by atomic mass is 16.5. The summed E-state index contributed by atoms with van der Waals surface area (Å²) >= 11 is 0. The maximum Gasteiger partial charge on any atom is 0.262 e. The zero-order chi connectivity index (χ0) is 23.5. The van der Waals surface area contributed by atoms with Gasteiger partial charge in [-0.1, -0.05) is 24.3 Å². The molecule has 1 amide bonds. The highest BCUT2D eigenvalue weighted by Gasteiger charge is 2.21. The van der Waals surface area contributed by atoms with Gasteiger partial charge in [0, 0.05) is 24.8 Å². The highest BCUT2D eigenvalue weighted by Crippen LogP contribution is 2.32. The molecule has 3 aromatic carbocycles. The lowest BCUT2D eigenvalue weighted by Gasteiger charge is -2.30. The number of hydrogen-bond acceptors (Lipinski definition) is 6. The predicted molar refractivity (Wildman–Crippen MR) is 131 cm³/mol. The molecule has 1 aliphatic rings. The molecule has 34 heavy (non-hydrogen) atoms. The number of imidazole rings is 1. The third-order valence-electron chi connectivity index (χ3n) is 5.91. The van der Waals surface area contributed by atoms with Gasteiger partial charge in [-0.25, -0.2) is 4.98 Å². The van der Waals surface area contributed by atoms with E-state index in [-0.39, 0.29) is 12.5 Å². The molecule has 4 aromatic rings. The molecule has 0 spiro atoms. The Morgan fingerprint density at radius 2 is 1.71 bits per heavy atom. The molecule has 5 rings (SSSR count). The van der Waals surface area contributed by atoms with Crippen LogP contribution in [0.5, 0.6) is 17.2 Å². The number of nitrogens with zero attached hydrogens (tertiary/aromatic N) is 3. The van der Waals surface area contributed by atoms with Crippen LogP contribution in [-0.4, -0.2) is 42.8 Å². The average Bonchev–Trinajstić information content (AvgIpc) is 3.25. The largest absolute Gasteiger partial charge is 0.494 e. The number of benzene rings is 3. The molecule has 1 N–H and O–H groups in total. The van der Waals surface area contributed by atoms with Crippen LogP contribution in [0, 0.1) is 0 Å². The number of ether oxygens (including phenoxy) is 3. The van der Waals surface area contributed by atoms with E-state index in [0.29, 0.717) is 29.5 Å². The number of amides is 1. The van der Waals surface area contributed by atoms with Gasteiger partial charge in [-0.2, -0.15) is 0 Å². The number of anilines is 2. The fourth-order valence-corrected chi connectivity index (χ4v) is 4.23. The molecule has 8 heteroatoms. The predicted octanol–water partition coefficient (Wildman–Crippen LogP) is 4.09. The summed E-state index contributed by atoms with van der Waals surface area (Å²) in [4.78, 5) is 19.6. The summed E-state index contributed by atoms with van der Waals surface area (Å²) < 4.78 is 18.7. The van der Waals surface area contributed by atoms with Gasteiger partial charge in [0.2, 0.25) is 0 Å².